The summed E-state index contributed by atoms with van der Waals surface area (Å²) in [5, 5.41) is 1.12. The number of methoxy groups -OCH3 is 1. The molecule has 26 heavy (non-hydrogen) atoms. The van der Waals surface area contributed by atoms with E-state index in [2.05, 4.69) is 26.0 Å². The minimum Gasteiger partial charge on any atom is -0.377 e. The molecule has 0 bridgehead atoms. The highest BCUT2D eigenvalue weighted by atomic mass is 32.2. The lowest BCUT2D eigenvalue weighted by molar-refractivity contribution is 0.127. The van der Waals surface area contributed by atoms with Crippen LogP contribution in [0.15, 0.2) is 65.6 Å². The third-order valence-electron chi connectivity index (χ3n) is 5.17. The molecule has 0 amide bonds. The molecule has 0 aromatic heterocycles. The molecule has 0 spiro atoms. The smallest absolute Gasteiger partial charge is 0.184 e. The molecule has 2 aromatic carbocycles. The first-order valence-electron chi connectivity index (χ1n) is 8.76. The summed E-state index contributed by atoms with van der Waals surface area (Å²) in [7, 11) is -1.69. The van der Waals surface area contributed by atoms with Gasteiger partial charge in [0.25, 0.3) is 0 Å². The van der Waals surface area contributed by atoms with Crippen molar-refractivity contribution >= 4 is 24.5 Å². The van der Waals surface area contributed by atoms with E-state index in [9.17, 15) is 8.42 Å². The van der Waals surface area contributed by atoms with Crippen LogP contribution in [0, 0.1) is 13.8 Å². The molecule has 2 unspecified atom stereocenters. The predicted molar refractivity (Wildman–Crippen MR) is 107 cm³/mol. The third kappa shape index (κ3) is 3.43. The van der Waals surface area contributed by atoms with Crippen LogP contribution in [-0.2, 0) is 14.6 Å². The number of benzene rings is 2. The summed E-state index contributed by atoms with van der Waals surface area (Å²) in [5.41, 5.74) is 2.37. The molecule has 1 aliphatic rings. The predicted octanol–water partition coefficient (Wildman–Crippen LogP) is 3.17. The van der Waals surface area contributed by atoms with Crippen molar-refractivity contribution in [2.75, 3.05) is 7.11 Å². The Morgan fingerprint density at radius 2 is 1.81 bits per heavy atom. The Morgan fingerprint density at radius 1 is 1.08 bits per heavy atom. The standard InChI is InChI=1S/C21H24O3SSi/c1-16-8-7-11-20(17(16)2)26-21(14-12-18(24-3)13-15-21)25(22,23)19-9-5-4-6-10-19/h4-12,14,18H,13,15H2,1-3H3. The van der Waals surface area contributed by atoms with Crippen LogP contribution >= 0.6 is 0 Å². The second-order valence-electron chi connectivity index (χ2n) is 6.75. The molecular formula is C21H24O3SSi. The van der Waals surface area contributed by atoms with Gasteiger partial charge in [0.15, 0.2) is 9.84 Å². The first-order chi connectivity index (χ1) is 12.4. The fourth-order valence-corrected chi connectivity index (χ4v) is 7.59. The minimum atomic E-state index is -3.51. The third-order valence-corrected chi connectivity index (χ3v) is 10.1. The zero-order valence-electron chi connectivity index (χ0n) is 15.4. The Balaban J connectivity index is 2.11. The van der Waals surface area contributed by atoms with Crippen LogP contribution in [0.4, 0.5) is 0 Å². The highest BCUT2D eigenvalue weighted by molar-refractivity contribution is 7.94. The summed E-state index contributed by atoms with van der Waals surface area (Å²) in [6, 6.07) is 14.9. The first kappa shape index (κ1) is 19.1. The van der Waals surface area contributed by atoms with E-state index in [1.165, 1.54) is 11.1 Å². The Labute approximate surface area is 158 Å². The largest absolute Gasteiger partial charge is 0.377 e. The van der Waals surface area contributed by atoms with E-state index < -0.39 is 14.2 Å². The summed E-state index contributed by atoms with van der Waals surface area (Å²) >= 11 is 0. The highest BCUT2D eigenvalue weighted by Gasteiger charge is 2.45. The molecule has 0 fully saturated rings. The monoisotopic (exact) mass is 384 g/mol. The van der Waals surface area contributed by atoms with E-state index in [0.29, 0.717) is 17.7 Å². The van der Waals surface area contributed by atoms with Gasteiger partial charge in [-0.3, -0.25) is 0 Å². The van der Waals surface area contributed by atoms with Crippen LogP contribution in [0.1, 0.15) is 24.0 Å². The summed E-state index contributed by atoms with van der Waals surface area (Å²) in [6.45, 7) is 4.14. The van der Waals surface area contributed by atoms with Gasteiger partial charge in [-0.2, -0.15) is 0 Å². The Hall–Kier alpha value is -1.69. The zero-order valence-corrected chi connectivity index (χ0v) is 17.2. The van der Waals surface area contributed by atoms with Gasteiger partial charge in [0, 0.05) is 7.11 Å². The first-order valence-corrected chi connectivity index (χ1v) is 11.2. The maximum Gasteiger partial charge on any atom is 0.184 e. The molecule has 0 aliphatic heterocycles. The van der Waals surface area contributed by atoms with Crippen LogP contribution in [0.3, 0.4) is 0 Å². The fourth-order valence-electron chi connectivity index (χ4n) is 3.32. The van der Waals surface area contributed by atoms with Gasteiger partial charge in [0.05, 0.1) is 15.4 Å². The second-order valence-corrected chi connectivity index (χ2v) is 11.0. The molecule has 5 heteroatoms. The number of hydrogen-bond donors (Lipinski definition) is 0. The maximum absolute atomic E-state index is 13.6. The zero-order chi connectivity index (χ0) is 18.8. The van der Waals surface area contributed by atoms with E-state index >= 15 is 0 Å². The maximum atomic E-state index is 13.6. The molecule has 2 atom stereocenters. The van der Waals surface area contributed by atoms with Crippen LogP contribution in [-0.4, -0.2) is 35.5 Å². The average Bonchev–Trinajstić information content (AvgIpc) is 2.66. The van der Waals surface area contributed by atoms with E-state index in [0.717, 1.165) is 5.19 Å². The van der Waals surface area contributed by atoms with Gasteiger partial charge in [-0.1, -0.05) is 53.7 Å². The van der Waals surface area contributed by atoms with Crippen LogP contribution in [0.2, 0.25) is 0 Å². The van der Waals surface area contributed by atoms with Crippen molar-refractivity contribution in [1.29, 1.82) is 0 Å². The lowest BCUT2D eigenvalue weighted by atomic mass is 10.0. The Kier molecular flexibility index (Phi) is 5.51. The van der Waals surface area contributed by atoms with Gasteiger partial charge in [0.1, 0.15) is 9.52 Å². The SMILES string of the molecule is COC1C=CC([Si]c2cccc(C)c2C)(S(=O)(=O)c2ccccc2)CC1. The molecule has 2 radical (unpaired) electrons. The molecule has 3 rings (SSSR count). The summed E-state index contributed by atoms with van der Waals surface area (Å²) < 4.78 is 31.7. The van der Waals surface area contributed by atoms with Gasteiger partial charge in [-0.25, -0.2) is 8.42 Å². The minimum absolute atomic E-state index is 0.0162. The number of aryl methyl sites for hydroxylation is 1. The Bertz CT molecular complexity index is 906. The van der Waals surface area contributed by atoms with E-state index in [-0.39, 0.29) is 15.6 Å². The summed E-state index contributed by atoms with van der Waals surface area (Å²) in [5.74, 6) is 0. The molecular weight excluding hydrogens is 360 g/mol. The normalized spacial score (nSPS) is 23.1. The van der Waals surface area contributed by atoms with E-state index in [1.54, 1.807) is 31.4 Å². The van der Waals surface area contributed by atoms with Crippen molar-refractivity contribution < 1.29 is 13.2 Å². The number of rotatable bonds is 5. The highest BCUT2D eigenvalue weighted by Crippen LogP contribution is 2.35. The van der Waals surface area contributed by atoms with E-state index in [1.807, 2.05) is 24.3 Å². The van der Waals surface area contributed by atoms with Crippen LogP contribution < -0.4 is 5.19 Å². The van der Waals surface area contributed by atoms with Crippen LogP contribution in [0.5, 0.6) is 0 Å². The molecule has 2 aromatic rings. The second kappa shape index (κ2) is 7.51. The quantitative estimate of drug-likeness (QED) is 0.587. The van der Waals surface area contributed by atoms with Gasteiger partial charge in [-0.05, 0) is 49.9 Å². The lowest BCUT2D eigenvalue weighted by Crippen LogP contribution is -2.50. The lowest BCUT2D eigenvalue weighted by Gasteiger charge is -2.35. The Morgan fingerprint density at radius 3 is 2.42 bits per heavy atom. The van der Waals surface area contributed by atoms with Crippen molar-refractivity contribution in [1.82, 2.24) is 0 Å². The molecule has 3 nitrogen and oxygen atoms in total. The molecule has 0 N–H and O–H groups in total. The number of hydrogen-bond acceptors (Lipinski definition) is 3. The summed E-state index contributed by atoms with van der Waals surface area (Å²) in [4.78, 5) is 0.387. The van der Waals surface area contributed by atoms with Crippen molar-refractivity contribution in [2.24, 2.45) is 0 Å². The topological polar surface area (TPSA) is 43.4 Å². The van der Waals surface area contributed by atoms with Gasteiger partial charge < -0.3 is 4.74 Å². The molecule has 0 saturated heterocycles. The molecule has 0 heterocycles. The number of sulfone groups is 1. The summed E-state index contributed by atoms with van der Waals surface area (Å²) in [6.07, 6.45) is 5.05. The molecule has 136 valence electrons. The number of ether oxygens (including phenoxy) is 1. The molecule has 1 aliphatic carbocycles. The van der Waals surface area contributed by atoms with Crippen molar-refractivity contribution in [2.45, 2.75) is 42.1 Å². The molecule has 0 saturated carbocycles. The van der Waals surface area contributed by atoms with E-state index in [4.69, 9.17) is 4.74 Å². The van der Waals surface area contributed by atoms with Crippen LogP contribution in [0.25, 0.3) is 0 Å². The fraction of sp³-hybridized carbons (Fsp3) is 0.333. The van der Waals surface area contributed by atoms with Crippen molar-refractivity contribution in [3.05, 3.63) is 71.8 Å². The van der Waals surface area contributed by atoms with Gasteiger partial charge in [-0.15, -0.1) is 0 Å². The van der Waals surface area contributed by atoms with Crippen molar-refractivity contribution in [3.8, 4) is 0 Å². The van der Waals surface area contributed by atoms with Gasteiger partial charge in [0.2, 0.25) is 0 Å². The van der Waals surface area contributed by atoms with Crippen molar-refractivity contribution in [3.63, 3.8) is 0 Å². The average molecular weight is 385 g/mol. The van der Waals surface area contributed by atoms with Gasteiger partial charge >= 0.3 is 0 Å².